The first-order valence-corrected chi connectivity index (χ1v) is 6.72. The molecule has 1 atom stereocenters. The Kier molecular flexibility index (Phi) is 3.36. The highest BCUT2D eigenvalue weighted by Gasteiger charge is 2.23. The third-order valence-electron chi connectivity index (χ3n) is 3.65. The molecule has 3 nitrogen and oxygen atoms in total. The van der Waals surface area contributed by atoms with Gasteiger partial charge < -0.3 is 9.73 Å². The first-order chi connectivity index (χ1) is 9.33. The van der Waals surface area contributed by atoms with Gasteiger partial charge in [0.05, 0.1) is 12.3 Å². The van der Waals surface area contributed by atoms with Crippen molar-refractivity contribution in [1.82, 2.24) is 5.32 Å². The van der Waals surface area contributed by atoms with E-state index in [1.54, 1.807) is 6.26 Å². The number of carbonyl (C=O) groups is 1. The maximum Gasteiger partial charge on any atom is 0.220 e. The van der Waals surface area contributed by atoms with Crippen molar-refractivity contribution in [2.45, 2.75) is 31.7 Å². The Morgan fingerprint density at radius 1 is 1.26 bits per heavy atom. The van der Waals surface area contributed by atoms with Crippen LogP contribution in [0, 0.1) is 0 Å². The van der Waals surface area contributed by atoms with Crippen molar-refractivity contribution in [3.05, 3.63) is 59.5 Å². The summed E-state index contributed by atoms with van der Waals surface area (Å²) < 4.78 is 5.23. The third kappa shape index (κ3) is 2.70. The van der Waals surface area contributed by atoms with Gasteiger partial charge >= 0.3 is 0 Å². The lowest BCUT2D eigenvalue weighted by Gasteiger charge is -2.13. The molecule has 0 saturated carbocycles. The second-order valence-corrected chi connectivity index (χ2v) is 4.94. The first kappa shape index (κ1) is 12.0. The van der Waals surface area contributed by atoms with Crippen LogP contribution in [0.2, 0.25) is 0 Å². The lowest BCUT2D eigenvalue weighted by atomic mass is 10.1. The summed E-state index contributed by atoms with van der Waals surface area (Å²) in [7, 11) is 0. The molecule has 19 heavy (non-hydrogen) atoms. The summed E-state index contributed by atoms with van der Waals surface area (Å²) in [6, 6.07) is 12.3. The average molecular weight is 255 g/mol. The van der Waals surface area contributed by atoms with Crippen LogP contribution in [0.15, 0.2) is 47.1 Å². The van der Waals surface area contributed by atoms with Gasteiger partial charge in [-0.1, -0.05) is 24.3 Å². The molecule has 3 rings (SSSR count). The number of hydrogen-bond acceptors (Lipinski definition) is 2. The molecule has 98 valence electrons. The van der Waals surface area contributed by atoms with Crippen LogP contribution in [0.3, 0.4) is 0 Å². The fourth-order valence-electron chi connectivity index (χ4n) is 2.67. The van der Waals surface area contributed by atoms with E-state index in [0.717, 1.165) is 18.6 Å². The maximum absolute atomic E-state index is 12.0. The fraction of sp³-hybridized carbons (Fsp3) is 0.312. The molecular formula is C16H17NO2. The van der Waals surface area contributed by atoms with Crippen LogP contribution in [0.25, 0.3) is 0 Å². The summed E-state index contributed by atoms with van der Waals surface area (Å²) in [5.74, 6) is 0.958. The molecule has 1 aliphatic rings. The molecule has 1 N–H and O–H groups in total. The zero-order valence-electron chi connectivity index (χ0n) is 10.8. The molecule has 3 heteroatoms. The summed E-state index contributed by atoms with van der Waals surface area (Å²) in [5, 5.41) is 3.12. The standard InChI is InChI=1S/C16H17NO2/c18-16(10-8-13-5-3-11-19-13)17-15-9-7-12-4-1-2-6-14(12)15/h1-6,11,15H,7-10H2,(H,17,18)/t15-/m0/s1. The van der Waals surface area contributed by atoms with Crippen molar-refractivity contribution in [2.75, 3.05) is 0 Å². The van der Waals surface area contributed by atoms with Crippen LogP contribution in [-0.2, 0) is 17.6 Å². The van der Waals surface area contributed by atoms with Crippen LogP contribution in [-0.4, -0.2) is 5.91 Å². The minimum absolute atomic E-state index is 0.0955. The lowest BCUT2D eigenvalue weighted by Crippen LogP contribution is -2.27. The van der Waals surface area contributed by atoms with E-state index < -0.39 is 0 Å². The number of furan rings is 1. The topological polar surface area (TPSA) is 42.2 Å². The van der Waals surface area contributed by atoms with E-state index in [2.05, 4.69) is 23.5 Å². The lowest BCUT2D eigenvalue weighted by molar-refractivity contribution is -0.121. The van der Waals surface area contributed by atoms with Gasteiger partial charge in [-0.3, -0.25) is 4.79 Å². The van der Waals surface area contributed by atoms with E-state index in [1.807, 2.05) is 18.2 Å². The van der Waals surface area contributed by atoms with Crippen molar-refractivity contribution < 1.29 is 9.21 Å². The Hall–Kier alpha value is -2.03. The van der Waals surface area contributed by atoms with Crippen LogP contribution in [0.5, 0.6) is 0 Å². The maximum atomic E-state index is 12.0. The molecule has 0 bridgehead atoms. The molecule has 0 spiro atoms. The molecule has 0 fully saturated rings. The number of nitrogens with one attached hydrogen (secondary N) is 1. The summed E-state index contributed by atoms with van der Waals surface area (Å²) >= 11 is 0. The second-order valence-electron chi connectivity index (χ2n) is 4.94. The second kappa shape index (κ2) is 5.31. The number of aryl methyl sites for hydroxylation is 2. The van der Waals surface area contributed by atoms with Gasteiger partial charge in [0.15, 0.2) is 0 Å². The molecule has 1 aromatic heterocycles. The summed E-state index contributed by atoms with van der Waals surface area (Å²) in [6.45, 7) is 0. The van der Waals surface area contributed by atoms with Crippen LogP contribution >= 0.6 is 0 Å². The Morgan fingerprint density at radius 3 is 3.00 bits per heavy atom. The number of amides is 1. The van der Waals surface area contributed by atoms with Crippen molar-refractivity contribution in [3.8, 4) is 0 Å². The van der Waals surface area contributed by atoms with Crippen molar-refractivity contribution in [3.63, 3.8) is 0 Å². The Balaban J connectivity index is 1.56. The van der Waals surface area contributed by atoms with Crippen molar-refractivity contribution >= 4 is 5.91 Å². The first-order valence-electron chi connectivity index (χ1n) is 6.72. The third-order valence-corrected chi connectivity index (χ3v) is 3.65. The van der Waals surface area contributed by atoms with Gasteiger partial charge in [0.25, 0.3) is 0 Å². The Labute approximate surface area is 112 Å². The van der Waals surface area contributed by atoms with Gasteiger partial charge in [-0.15, -0.1) is 0 Å². The molecule has 2 aromatic rings. The van der Waals surface area contributed by atoms with E-state index in [0.29, 0.717) is 12.8 Å². The number of hydrogen-bond donors (Lipinski definition) is 1. The minimum Gasteiger partial charge on any atom is -0.469 e. The Bertz CT molecular complexity index is 560. The molecule has 0 saturated heterocycles. The predicted molar refractivity (Wildman–Crippen MR) is 72.7 cm³/mol. The minimum atomic E-state index is 0.0955. The molecule has 1 aliphatic carbocycles. The van der Waals surface area contributed by atoms with E-state index in [-0.39, 0.29) is 11.9 Å². The van der Waals surface area contributed by atoms with E-state index >= 15 is 0 Å². The zero-order chi connectivity index (χ0) is 13.1. The summed E-state index contributed by atoms with van der Waals surface area (Å²) in [5.41, 5.74) is 2.63. The average Bonchev–Trinajstić information content (AvgIpc) is 3.07. The molecule has 1 heterocycles. The molecule has 0 unspecified atom stereocenters. The van der Waals surface area contributed by atoms with Gasteiger partial charge in [0.1, 0.15) is 5.76 Å². The van der Waals surface area contributed by atoms with Gasteiger partial charge in [-0.05, 0) is 36.1 Å². The molecule has 0 aliphatic heterocycles. The normalized spacial score (nSPS) is 17.2. The van der Waals surface area contributed by atoms with Crippen LogP contribution in [0.4, 0.5) is 0 Å². The van der Waals surface area contributed by atoms with Gasteiger partial charge in [-0.2, -0.15) is 0 Å². The largest absolute Gasteiger partial charge is 0.469 e. The monoisotopic (exact) mass is 255 g/mol. The Morgan fingerprint density at radius 2 is 2.16 bits per heavy atom. The van der Waals surface area contributed by atoms with Crippen LogP contribution < -0.4 is 5.32 Å². The molecule has 1 aromatic carbocycles. The molecule has 1 amide bonds. The SMILES string of the molecule is O=C(CCc1ccco1)N[C@H]1CCc2ccccc21. The molecular weight excluding hydrogens is 238 g/mol. The van der Waals surface area contributed by atoms with E-state index in [4.69, 9.17) is 4.42 Å². The number of fused-ring (bicyclic) bond motifs is 1. The van der Waals surface area contributed by atoms with Gasteiger partial charge in [-0.25, -0.2) is 0 Å². The van der Waals surface area contributed by atoms with Crippen molar-refractivity contribution in [1.29, 1.82) is 0 Å². The predicted octanol–water partition coefficient (Wildman–Crippen LogP) is 3.02. The highest BCUT2D eigenvalue weighted by molar-refractivity contribution is 5.76. The smallest absolute Gasteiger partial charge is 0.220 e. The van der Waals surface area contributed by atoms with Gasteiger partial charge in [0.2, 0.25) is 5.91 Å². The quantitative estimate of drug-likeness (QED) is 0.912. The van der Waals surface area contributed by atoms with E-state index in [1.165, 1.54) is 11.1 Å². The zero-order valence-corrected chi connectivity index (χ0v) is 10.8. The number of rotatable bonds is 4. The highest BCUT2D eigenvalue weighted by Crippen LogP contribution is 2.30. The number of benzene rings is 1. The van der Waals surface area contributed by atoms with E-state index in [9.17, 15) is 4.79 Å². The summed E-state index contributed by atoms with van der Waals surface area (Å²) in [4.78, 5) is 12.0. The highest BCUT2D eigenvalue weighted by atomic mass is 16.3. The van der Waals surface area contributed by atoms with Crippen LogP contribution in [0.1, 0.15) is 35.8 Å². The number of carbonyl (C=O) groups excluding carboxylic acids is 1. The molecule has 0 radical (unpaired) electrons. The van der Waals surface area contributed by atoms with Crippen molar-refractivity contribution in [2.24, 2.45) is 0 Å². The fourth-order valence-corrected chi connectivity index (χ4v) is 2.67. The summed E-state index contributed by atoms with van der Waals surface area (Å²) in [6.07, 6.45) is 4.84. The van der Waals surface area contributed by atoms with Gasteiger partial charge in [0, 0.05) is 12.8 Å².